The fraction of sp³-hybridized carbons (Fsp3) is 0.333. The molecular formula is C21H23N7O. The van der Waals surface area contributed by atoms with E-state index in [1.54, 1.807) is 4.68 Å². The van der Waals surface area contributed by atoms with Crippen LogP contribution in [0.15, 0.2) is 60.7 Å². The van der Waals surface area contributed by atoms with Gasteiger partial charge >= 0.3 is 0 Å². The summed E-state index contributed by atoms with van der Waals surface area (Å²) < 4.78 is 1.77. The predicted molar refractivity (Wildman–Crippen MR) is 110 cm³/mol. The van der Waals surface area contributed by atoms with Crippen LogP contribution in [0.25, 0.3) is 5.69 Å². The zero-order chi connectivity index (χ0) is 19.6. The molecule has 2 fully saturated rings. The van der Waals surface area contributed by atoms with E-state index in [9.17, 15) is 4.79 Å². The first-order chi connectivity index (χ1) is 14.3. The van der Waals surface area contributed by atoms with E-state index in [0.29, 0.717) is 0 Å². The zero-order valence-electron chi connectivity index (χ0n) is 16.1. The molecule has 8 nitrogen and oxygen atoms in total. The normalized spacial score (nSPS) is 20.4. The van der Waals surface area contributed by atoms with Crippen LogP contribution in [0.4, 0.5) is 11.6 Å². The fourth-order valence-electron chi connectivity index (χ4n) is 4.22. The van der Waals surface area contributed by atoms with Crippen LogP contribution >= 0.6 is 0 Å². The number of anilines is 2. The molecule has 3 aromatic rings. The smallest absolute Gasteiger partial charge is 0.250 e. The van der Waals surface area contributed by atoms with Gasteiger partial charge < -0.3 is 9.80 Å². The standard InChI is InChI=1S/C21H23N7O/c29-20-19(11-12-27(20)17-7-3-1-4-8-17)25-13-15-26(16-14-25)21-22-23-24-28(21)18-9-5-2-6-10-18/h1-10,19H,11-16H2. The molecule has 0 saturated carbocycles. The molecule has 29 heavy (non-hydrogen) atoms. The van der Waals surface area contributed by atoms with Crippen molar-refractivity contribution >= 4 is 17.5 Å². The number of rotatable bonds is 4. The van der Waals surface area contributed by atoms with Gasteiger partial charge in [0.25, 0.3) is 0 Å². The topological polar surface area (TPSA) is 70.4 Å². The van der Waals surface area contributed by atoms with Crippen LogP contribution in [0.3, 0.4) is 0 Å². The summed E-state index contributed by atoms with van der Waals surface area (Å²) in [6, 6.07) is 19.8. The number of benzene rings is 2. The Hall–Kier alpha value is -3.26. The van der Waals surface area contributed by atoms with Gasteiger partial charge in [-0.25, -0.2) is 0 Å². The van der Waals surface area contributed by atoms with Gasteiger partial charge in [-0.1, -0.05) is 41.5 Å². The minimum Gasteiger partial charge on any atom is -0.337 e. The van der Waals surface area contributed by atoms with Crippen LogP contribution in [0.5, 0.6) is 0 Å². The summed E-state index contributed by atoms with van der Waals surface area (Å²) in [5.74, 6) is 0.957. The largest absolute Gasteiger partial charge is 0.337 e. The second kappa shape index (κ2) is 7.63. The first-order valence-corrected chi connectivity index (χ1v) is 10.0. The number of aromatic nitrogens is 4. The van der Waals surface area contributed by atoms with Crippen molar-refractivity contribution in [1.82, 2.24) is 25.1 Å². The van der Waals surface area contributed by atoms with E-state index < -0.39 is 0 Å². The summed E-state index contributed by atoms with van der Waals surface area (Å²) in [5.41, 5.74) is 1.93. The van der Waals surface area contributed by atoms with Crippen LogP contribution in [0.2, 0.25) is 0 Å². The van der Waals surface area contributed by atoms with Gasteiger partial charge in [0.2, 0.25) is 11.9 Å². The highest BCUT2D eigenvalue weighted by atomic mass is 16.2. The molecule has 1 aromatic heterocycles. The SMILES string of the molecule is O=C1C(N2CCN(c3nnnn3-c3ccccc3)CC2)CCN1c1ccccc1. The molecule has 1 amide bonds. The average molecular weight is 389 g/mol. The third kappa shape index (κ3) is 3.36. The van der Waals surface area contributed by atoms with Gasteiger partial charge in [-0.3, -0.25) is 9.69 Å². The third-order valence-electron chi connectivity index (χ3n) is 5.74. The predicted octanol–water partition coefficient (Wildman–Crippen LogP) is 1.59. The molecule has 2 aromatic carbocycles. The second-order valence-corrected chi connectivity index (χ2v) is 7.38. The second-order valence-electron chi connectivity index (χ2n) is 7.38. The van der Waals surface area contributed by atoms with E-state index in [-0.39, 0.29) is 11.9 Å². The Balaban J connectivity index is 1.25. The van der Waals surface area contributed by atoms with Crippen molar-refractivity contribution in [3.05, 3.63) is 60.7 Å². The monoisotopic (exact) mass is 389 g/mol. The number of carbonyl (C=O) groups excluding carboxylic acids is 1. The number of para-hydroxylation sites is 2. The summed E-state index contributed by atoms with van der Waals surface area (Å²) >= 11 is 0. The van der Waals surface area contributed by atoms with Crippen molar-refractivity contribution in [2.45, 2.75) is 12.5 Å². The Labute approximate surface area is 169 Å². The number of carbonyl (C=O) groups is 1. The Bertz CT molecular complexity index is 967. The molecule has 3 heterocycles. The maximum Gasteiger partial charge on any atom is 0.250 e. The van der Waals surface area contributed by atoms with Crippen molar-refractivity contribution in [3.8, 4) is 5.69 Å². The lowest BCUT2D eigenvalue weighted by Gasteiger charge is -2.37. The van der Waals surface area contributed by atoms with Crippen LogP contribution in [-0.4, -0.2) is 69.8 Å². The highest BCUT2D eigenvalue weighted by Crippen LogP contribution is 2.25. The van der Waals surface area contributed by atoms with Crippen molar-refractivity contribution in [3.63, 3.8) is 0 Å². The molecule has 2 aliphatic heterocycles. The van der Waals surface area contributed by atoms with Crippen molar-refractivity contribution in [1.29, 1.82) is 0 Å². The van der Waals surface area contributed by atoms with Gasteiger partial charge in [0.15, 0.2) is 0 Å². The molecule has 0 N–H and O–H groups in total. The number of amides is 1. The minimum absolute atomic E-state index is 0.0394. The van der Waals surface area contributed by atoms with E-state index in [1.165, 1.54) is 0 Å². The van der Waals surface area contributed by atoms with Crippen LogP contribution < -0.4 is 9.80 Å². The lowest BCUT2D eigenvalue weighted by atomic mass is 10.2. The number of hydrogen-bond donors (Lipinski definition) is 0. The molecule has 0 bridgehead atoms. The Morgan fingerprint density at radius 2 is 1.45 bits per heavy atom. The summed E-state index contributed by atoms with van der Waals surface area (Å²) in [5, 5.41) is 12.3. The van der Waals surface area contributed by atoms with Crippen molar-refractivity contribution in [2.75, 3.05) is 42.5 Å². The van der Waals surface area contributed by atoms with E-state index in [1.807, 2.05) is 65.6 Å². The maximum atomic E-state index is 13.0. The van der Waals surface area contributed by atoms with Crippen LogP contribution in [-0.2, 0) is 4.79 Å². The quantitative estimate of drug-likeness (QED) is 0.675. The number of tetrazole rings is 1. The highest BCUT2D eigenvalue weighted by Gasteiger charge is 2.38. The number of nitrogens with zero attached hydrogens (tertiary/aromatic N) is 7. The van der Waals surface area contributed by atoms with Crippen LogP contribution in [0.1, 0.15) is 6.42 Å². The van der Waals surface area contributed by atoms with Gasteiger partial charge in [-0.2, -0.15) is 4.68 Å². The summed E-state index contributed by atoms with van der Waals surface area (Å²) in [6.07, 6.45) is 0.871. The summed E-state index contributed by atoms with van der Waals surface area (Å²) in [7, 11) is 0. The van der Waals surface area contributed by atoms with E-state index in [2.05, 4.69) is 25.3 Å². The maximum absolute atomic E-state index is 13.0. The number of hydrogen-bond acceptors (Lipinski definition) is 6. The summed E-state index contributed by atoms with van der Waals surface area (Å²) in [4.78, 5) is 19.4. The molecule has 148 valence electrons. The Morgan fingerprint density at radius 3 is 2.14 bits per heavy atom. The molecule has 0 aliphatic carbocycles. The Morgan fingerprint density at radius 1 is 0.793 bits per heavy atom. The van der Waals surface area contributed by atoms with E-state index >= 15 is 0 Å². The third-order valence-corrected chi connectivity index (χ3v) is 5.74. The van der Waals surface area contributed by atoms with Crippen molar-refractivity contribution < 1.29 is 4.79 Å². The molecule has 1 atom stereocenters. The lowest BCUT2D eigenvalue weighted by Crippen LogP contribution is -2.53. The molecule has 0 radical (unpaired) electrons. The highest BCUT2D eigenvalue weighted by molar-refractivity contribution is 5.99. The molecule has 8 heteroatoms. The average Bonchev–Trinajstić information content (AvgIpc) is 3.42. The molecule has 2 aliphatic rings. The fourth-order valence-corrected chi connectivity index (χ4v) is 4.22. The molecule has 1 unspecified atom stereocenters. The van der Waals surface area contributed by atoms with Gasteiger partial charge in [0, 0.05) is 38.4 Å². The first-order valence-electron chi connectivity index (χ1n) is 10.0. The van der Waals surface area contributed by atoms with Gasteiger partial charge in [0.05, 0.1) is 11.7 Å². The van der Waals surface area contributed by atoms with E-state index in [0.717, 1.165) is 56.5 Å². The number of piperazine rings is 1. The first kappa shape index (κ1) is 17.8. The van der Waals surface area contributed by atoms with Gasteiger partial charge in [0.1, 0.15) is 0 Å². The lowest BCUT2D eigenvalue weighted by molar-refractivity contribution is -0.121. The van der Waals surface area contributed by atoms with Crippen LogP contribution in [0, 0.1) is 0 Å². The zero-order valence-corrected chi connectivity index (χ0v) is 16.1. The minimum atomic E-state index is -0.0394. The molecule has 5 rings (SSSR count). The van der Waals surface area contributed by atoms with Crippen molar-refractivity contribution in [2.24, 2.45) is 0 Å². The van der Waals surface area contributed by atoms with E-state index in [4.69, 9.17) is 0 Å². The van der Waals surface area contributed by atoms with Gasteiger partial charge in [-0.15, -0.1) is 0 Å². The van der Waals surface area contributed by atoms with Gasteiger partial charge in [-0.05, 0) is 41.1 Å². The molecule has 0 spiro atoms. The molecular weight excluding hydrogens is 366 g/mol. The molecule has 2 saturated heterocycles. The summed E-state index contributed by atoms with van der Waals surface area (Å²) in [6.45, 7) is 4.01. The Kier molecular flexibility index (Phi) is 4.69.